The van der Waals surface area contributed by atoms with Crippen LogP contribution >= 0.6 is 0 Å². The quantitative estimate of drug-likeness (QED) is 0.800. The van der Waals surface area contributed by atoms with Gasteiger partial charge in [0, 0.05) is 12.6 Å². The third-order valence-electron chi connectivity index (χ3n) is 4.40. The Morgan fingerprint density at radius 2 is 2.12 bits per heavy atom. The second kappa shape index (κ2) is 7.61. The molecule has 1 aromatic heterocycles. The first-order valence-corrected chi connectivity index (χ1v) is 8.54. The third kappa shape index (κ3) is 3.96. The fraction of sp³-hybridized carbons (Fsp3) is 0.421. The standard InChI is InChI=1S/C19H23N3O3/c1-4-15-5-7-16(8-6-15)13(2)11-18(23)22-9-10-24-12-17(22)19-20-14(3)21-25-19/h5-8,11,17H,4,9-10,12H2,1-3H3. The normalized spacial score (nSPS) is 18.4. The number of amides is 1. The van der Waals surface area contributed by atoms with E-state index in [4.69, 9.17) is 9.26 Å². The molecular formula is C19H23N3O3. The van der Waals surface area contributed by atoms with Crippen molar-refractivity contribution < 1.29 is 14.1 Å². The minimum Gasteiger partial charge on any atom is -0.377 e. The minimum atomic E-state index is -0.339. The van der Waals surface area contributed by atoms with E-state index >= 15 is 0 Å². The first-order chi connectivity index (χ1) is 12.1. The summed E-state index contributed by atoms with van der Waals surface area (Å²) in [5.74, 6) is 0.904. The zero-order valence-corrected chi connectivity index (χ0v) is 14.9. The van der Waals surface area contributed by atoms with Gasteiger partial charge in [0.15, 0.2) is 5.82 Å². The van der Waals surface area contributed by atoms with Crippen LogP contribution < -0.4 is 0 Å². The highest BCUT2D eigenvalue weighted by atomic mass is 16.5. The van der Waals surface area contributed by atoms with E-state index in [1.54, 1.807) is 17.9 Å². The molecule has 0 aliphatic carbocycles. The Bertz CT molecular complexity index is 764. The summed E-state index contributed by atoms with van der Waals surface area (Å²) in [6.07, 6.45) is 2.67. The van der Waals surface area contributed by atoms with Crippen molar-refractivity contribution in [2.45, 2.75) is 33.2 Å². The molecule has 1 amide bonds. The van der Waals surface area contributed by atoms with Gasteiger partial charge in [0.05, 0.1) is 13.2 Å². The molecule has 0 saturated carbocycles. The number of carbonyl (C=O) groups excluding carboxylic acids is 1. The summed E-state index contributed by atoms with van der Waals surface area (Å²) >= 11 is 0. The van der Waals surface area contributed by atoms with Crippen LogP contribution in [0.25, 0.3) is 5.57 Å². The smallest absolute Gasteiger partial charge is 0.251 e. The van der Waals surface area contributed by atoms with Gasteiger partial charge in [-0.15, -0.1) is 0 Å². The number of carbonyl (C=O) groups is 1. The summed E-state index contributed by atoms with van der Waals surface area (Å²) in [6, 6.07) is 7.95. The van der Waals surface area contributed by atoms with Gasteiger partial charge < -0.3 is 14.2 Å². The lowest BCUT2D eigenvalue weighted by Gasteiger charge is -2.32. The summed E-state index contributed by atoms with van der Waals surface area (Å²) < 4.78 is 10.7. The van der Waals surface area contributed by atoms with Gasteiger partial charge in [-0.05, 0) is 37.0 Å². The van der Waals surface area contributed by atoms with E-state index in [2.05, 4.69) is 41.3 Å². The molecule has 1 aromatic carbocycles. The van der Waals surface area contributed by atoms with Crippen LogP contribution in [0.5, 0.6) is 0 Å². The summed E-state index contributed by atoms with van der Waals surface area (Å²) in [5.41, 5.74) is 3.26. The Morgan fingerprint density at radius 1 is 1.36 bits per heavy atom. The molecule has 6 nitrogen and oxygen atoms in total. The maximum atomic E-state index is 12.8. The van der Waals surface area contributed by atoms with Crippen molar-refractivity contribution in [3.63, 3.8) is 0 Å². The van der Waals surface area contributed by atoms with Gasteiger partial charge in [-0.1, -0.05) is 36.3 Å². The Labute approximate surface area is 147 Å². The summed E-state index contributed by atoms with van der Waals surface area (Å²) in [4.78, 5) is 18.8. The van der Waals surface area contributed by atoms with Gasteiger partial charge in [-0.3, -0.25) is 4.79 Å². The van der Waals surface area contributed by atoms with E-state index < -0.39 is 0 Å². The Kier molecular flexibility index (Phi) is 5.28. The van der Waals surface area contributed by atoms with Crippen LogP contribution in [0.1, 0.15) is 42.7 Å². The lowest BCUT2D eigenvalue weighted by molar-refractivity contribution is -0.135. The van der Waals surface area contributed by atoms with E-state index in [1.165, 1.54) is 5.56 Å². The number of morpholine rings is 1. The van der Waals surface area contributed by atoms with E-state index in [0.29, 0.717) is 31.5 Å². The van der Waals surface area contributed by atoms with Gasteiger partial charge in [-0.25, -0.2) is 0 Å². The molecule has 2 heterocycles. The number of ether oxygens (including phenoxy) is 1. The maximum Gasteiger partial charge on any atom is 0.251 e. The molecule has 1 aliphatic heterocycles. The molecule has 25 heavy (non-hydrogen) atoms. The van der Waals surface area contributed by atoms with Crippen molar-refractivity contribution in [3.05, 3.63) is 53.2 Å². The number of nitrogens with zero attached hydrogens (tertiary/aromatic N) is 3. The van der Waals surface area contributed by atoms with Crippen molar-refractivity contribution in [3.8, 4) is 0 Å². The average Bonchev–Trinajstić information content (AvgIpc) is 3.08. The number of hydrogen-bond acceptors (Lipinski definition) is 5. The first-order valence-electron chi connectivity index (χ1n) is 8.54. The third-order valence-corrected chi connectivity index (χ3v) is 4.40. The number of rotatable bonds is 4. The Hall–Kier alpha value is -2.47. The predicted molar refractivity (Wildman–Crippen MR) is 93.8 cm³/mol. The monoisotopic (exact) mass is 341 g/mol. The van der Waals surface area contributed by atoms with Crippen LogP contribution in [0.4, 0.5) is 0 Å². The Balaban J connectivity index is 1.79. The highest BCUT2D eigenvalue weighted by Crippen LogP contribution is 2.24. The predicted octanol–water partition coefficient (Wildman–Crippen LogP) is 2.94. The van der Waals surface area contributed by atoms with Crippen LogP contribution in [0.2, 0.25) is 0 Å². The van der Waals surface area contributed by atoms with Gasteiger partial charge in [0.25, 0.3) is 5.89 Å². The molecule has 0 N–H and O–H groups in total. The van der Waals surface area contributed by atoms with Crippen molar-refractivity contribution in [1.82, 2.24) is 15.0 Å². The lowest BCUT2D eigenvalue weighted by atomic mass is 10.0. The van der Waals surface area contributed by atoms with Gasteiger partial charge in [-0.2, -0.15) is 4.98 Å². The van der Waals surface area contributed by atoms with E-state index in [0.717, 1.165) is 17.6 Å². The fourth-order valence-corrected chi connectivity index (χ4v) is 2.88. The van der Waals surface area contributed by atoms with E-state index in [-0.39, 0.29) is 11.9 Å². The zero-order valence-electron chi connectivity index (χ0n) is 14.9. The molecule has 1 saturated heterocycles. The largest absolute Gasteiger partial charge is 0.377 e. The van der Waals surface area contributed by atoms with Crippen LogP contribution in [0, 0.1) is 6.92 Å². The van der Waals surface area contributed by atoms with Crippen LogP contribution in [0.15, 0.2) is 34.9 Å². The van der Waals surface area contributed by atoms with Gasteiger partial charge >= 0.3 is 0 Å². The summed E-state index contributed by atoms with van der Waals surface area (Å²) in [6.45, 7) is 7.21. The lowest BCUT2D eigenvalue weighted by Crippen LogP contribution is -2.42. The van der Waals surface area contributed by atoms with Gasteiger partial charge in [0.2, 0.25) is 5.91 Å². The minimum absolute atomic E-state index is 0.0683. The molecular weight excluding hydrogens is 318 g/mol. The Morgan fingerprint density at radius 3 is 2.76 bits per heavy atom. The highest BCUT2D eigenvalue weighted by molar-refractivity contribution is 5.95. The number of aryl methyl sites for hydroxylation is 2. The number of aromatic nitrogens is 2. The molecule has 3 rings (SSSR count). The van der Waals surface area contributed by atoms with Crippen LogP contribution in [-0.4, -0.2) is 40.7 Å². The van der Waals surface area contributed by atoms with Crippen molar-refractivity contribution in [2.24, 2.45) is 0 Å². The molecule has 2 aromatic rings. The van der Waals surface area contributed by atoms with E-state index in [1.807, 2.05) is 6.92 Å². The van der Waals surface area contributed by atoms with Crippen LogP contribution in [0.3, 0.4) is 0 Å². The molecule has 6 heteroatoms. The second-order valence-electron chi connectivity index (χ2n) is 6.18. The first kappa shape index (κ1) is 17.4. The topological polar surface area (TPSA) is 68.5 Å². The maximum absolute atomic E-state index is 12.8. The molecule has 132 valence electrons. The molecule has 0 radical (unpaired) electrons. The number of benzene rings is 1. The number of allylic oxidation sites excluding steroid dienone is 1. The molecule has 1 aliphatic rings. The fourth-order valence-electron chi connectivity index (χ4n) is 2.88. The highest BCUT2D eigenvalue weighted by Gasteiger charge is 2.31. The number of hydrogen-bond donors (Lipinski definition) is 0. The van der Waals surface area contributed by atoms with E-state index in [9.17, 15) is 4.79 Å². The summed E-state index contributed by atoms with van der Waals surface area (Å²) in [5, 5.41) is 3.82. The molecule has 1 unspecified atom stereocenters. The SMILES string of the molecule is CCc1ccc(C(C)=CC(=O)N2CCOCC2c2nc(C)no2)cc1. The zero-order chi connectivity index (χ0) is 17.8. The van der Waals surface area contributed by atoms with Crippen molar-refractivity contribution >= 4 is 11.5 Å². The van der Waals surface area contributed by atoms with Crippen molar-refractivity contribution in [1.29, 1.82) is 0 Å². The summed E-state index contributed by atoms with van der Waals surface area (Å²) in [7, 11) is 0. The molecule has 0 spiro atoms. The van der Waals surface area contributed by atoms with Crippen LogP contribution in [-0.2, 0) is 16.0 Å². The molecule has 1 atom stereocenters. The van der Waals surface area contributed by atoms with Crippen molar-refractivity contribution in [2.75, 3.05) is 19.8 Å². The second-order valence-corrected chi connectivity index (χ2v) is 6.18. The van der Waals surface area contributed by atoms with Gasteiger partial charge in [0.1, 0.15) is 6.04 Å². The molecule has 0 bridgehead atoms. The average molecular weight is 341 g/mol. The molecule has 1 fully saturated rings.